The van der Waals surface area contributed by atoms with Crippen LogP contribution >= 0.6 is 0 Å². The summed E-state index contributed by atoms with van der Waals surface area (Å²) in [5.74, 6) is -0.242. The van der Waals surface area contributed by atoms with Gasteiger partial charge in [-0.25, -0.2) is 4.79 Å². The third kappa shape index (κ3) is 2.25. The molecule has 1 aromatic rings. The van der Waals surface area contributed by atoms with E-state index in [1.807, 2.05) is 4.57 Å². The summed E-state index contributed by atoms with van der Waals surface area (Å²) in [6.45, 7) is 0.811. The van der Waals surface area contributed by atoms with Crippen LogP contribution < -0.4 is 5.73 Å². The number of carbonyl (C=O) groups excluding carboxylic acids is 2. The van der Waals surface area contributed by atoms with Gasteiger partial charge in [-0.1, -0.05) is 0 Å². The maximum Gasteiger partial charge on any atom is 0.315 e. The number of amides is 2. The highest BCUT2D eigenvalue weighted by molar-refractivity contribution is 5.75. The molecule has 1 saturated heterocycles. The van der Waals surface area contributed by atoms with E-state index < -0.39 is 6.03 Å². The zero-order chi connectivity index (χ0) is 13.4. The fourth-order valence-electron chi connectivity index (χ4n) is 2.37. The van der Waals surface area contributed by atoms with Crippen LogP contribution in [-0.2, 0) is 9.53 Å². The van der Waals surface area contributed by atoms with E-state index in [0.29, 0.717) is 13.1 Å². The van der Waals surface area contributed by atoms with E-state index in [9.17, 15) is 9.59 Å². The summed E-state index contributed by atoms with van der Waals surface area (Å²) in [7, 11) is 0. The van der Waals surface area contributed by atoms with Gasteiger partial charge in [-0.3, -0.25) is 4.79 Å². The summed E-state index contributed by atoms with van der Waals surface area (Å²) in [4.78, 5) is 24.0. The number of ether oxygens (including phenoxy) is 1. The molecule has 1 aromatic heterocycles. The fourth-order valence-corrected chi connectivity index (χ4v) is 2.37. The summed E-state index contributed by atoms with van der Waals surface area (Å²) in [6, 6.07) is -0.181. The van der Waals surface area contributed by atoms with Gasteiger partial charge >= 0.3 is 12.0 Å². The highest BCUT2D eigenvalue weighted by Crippen LogP contribution is 2.38. The number of nitrogens with zero attached hydrogens (tertiary/aromatic N) is 4. The Hall–Kier alpha value is -2.12. The third-order valence-corrected chi connectivity index (χ3v) is 3.75. The zero-order valence-electron chi connectivity index (χ0n) is 10.3. The molecule has 0 atom stereocenters. The van der Waals surface area contributed by atoms with Gasteiger partial charge in [-0.05, 0) is 12.8 Å². The normalized spacial score (nSPS) is 26.4. The molecule has 0 spiro atoms. The summed E-state index contributed by atoms with van der Waals surface area (Å²) in [5, 5.41) is 7.48. The van der Waals surface area contributed by atoms with Gasteiger partial charge in [-0.2, -0.15) is 0 Å². The van der Waals surface area contributed by atoms with Crippen molar-refractivity contribution in [3.63, 3.8) is 0 Å². The molecule has 1 aliphatic carbocycles. The van der Waals surface area contributed by atoms with E-state index in [2.05, 4.69) is 10.2 Å². The first kappa shape index (κ1) is 11.9. The van der Waals surface area contributed by atoms with E-state index in [1.54, 1.807) is 12.7 Å². The average molecular weight is 265 g/mol. The van der Waals surface area contributed by atoms with Gasteiger partial charge in [0.05, 0.1) is 19.0 Å². The Morgan fingerprint density at radius 1 is 1.21 bits per heavy atom. The summed E-state index contributed by atoms with van der Waals surface area (Å²) >= 11 is 0. The largest absolute Gasteiger partial charge is 0.458 e. The van der Waals surface area contributed by atoms with Crippen LogP contribution in [0.2, 0.25) is 0 Å². The lowest BCUT2D eigenvalue weighted by Crippen LogP contribution is -2.57. The lowest BCUT2D eigenvalue weighted by Gasteiger charge is -2.40. The maximum absolute atomic E-state index is 11.8. The monoisotopic (exact) mass is 265 g/mol. The van der Waals surface area contributed by atoms with Crippen molar-refractivity contribution in [1.29, 1.82) is 0 Å². The lowest BCUT2D eigenvalue weighted by atomic mass is 9.80. The number of hydrogen-bond acceptors (Lipinski definition) is 5. The minimum Gasteiger partial charge on any atom is -0.458 e. The van der Waals surface area contributed by atoms with Gasteiger partial charge in [0.1, 0.15) is 18.8 Å². The molecule has 0 bridgehead atoms. The SMILES string of the molecule is NC(=O)N1CC(OC(=O)C2CC(n3cnnc3)C2)C1. The molecule has 2 heterocycles. The van der Waals surface area contributed by atoms with E-state index in [1.165, 1.54) is 4.90 Å². The van der Waals surface area contributed by atoms with Crippen LogP contribution in [0.5, 0.6) is 0 Å². The molecule has 0 radical (unpaired) electrons. The van der Waals surface area contributed by atoms with Gasteiger partial charge in [0.15, 0.2) is 0 Å². The van der Waals surface area contributed by atoms with E-state index >= 15 is 0 Å². The number of rotatable bonds is 3. The Morgan fingerprint density at radius 2 is 1.84 bits per heavy atom. The Balaban J connectivity index is 1.41. The first-order valence-electron chi connectivity index (χ1n) is 6.22. The summed E-state index contributed by atoms with van der Waals surface area (Å²) in [5.41, 5.74) is 5.09. The highest BCUT2D eigenvalue weighted by Gasteiger charge is 2.40. The van der Waals surface area contributed by atoms with Gasteiger partial charge < -0.3 is 19.9 Å². The predicted octanol–water partition coefficient (Wildman–Crippen LogP) is -0.465. The van der Waals surface area contributed by atoms with Gasteiger partial charge in [0.2, 0.25) is 0 Å². The van der Waals surface area contributed by atoms with Crippen LogP contribution in [0, 0.1) is 5.92 Å². The molecule has 19 heavy (non-hydrogen) atoms. The number of primary amides is 1. The van der Waals surface area contributed by atoms with Crippen molar-refractivity contribution >= 4 is 12.0 Å². The molecule has 2 amide bonds. The average Bonchev–Trinajstić information content (AvgIpc) is 2.73. The van der Waals surface area contributed by atoms with E-state index in [0.717, 1.165) is 12.8 Å². The Labute approximate surface area is 109 Å². The van der Waals surface area contributed by atoms with Gasteiger partial charge in [0, 0.05) is 6.04 Å². The smallest absolute Gasteiger partial charge is 0.315 e. The van der Waals surface area contributed by atoms with Crippen LogP contribution in [0.1, 0.15) is 18.9 Å². The Kier molecular flexibility index (Phi) is 2.84. The van der Waals surface area contributed by atoms with Crippen LogP contribution in [0.25, 0.3) is 0 Å². The molecule has 1 aliphatic heterocycles. The third-order valence-electron chi connectivity index (χ3n) is 3.75. The molecule has 8 heteroatoms. The molecule has 102 valence electrons. The lowest BCUT2D eigenvalue weighted by molar-refractivity contribution is -0.164. The van der Waals surface area contributed by atoms with Crippen LogP contribution in [-0.4, -0.2) is 50.9 Å². The number of hydrogen-bond donors (Lipinski definition) is 1. The molecular weight excluding hydrogens is 250 g/mol. The number of aromatic nitrogens is 3. The molecule has 1 saturated carbocycles. The number of carbonyl (C=O) groups is 2. The molecule has 2 fully saturated rings. The molecule has 8 nitrogen and oxygen atoms in total. The first-order valence-corrected chi connectivity index (χ1v) is 6.22. The van der Waals surface area contributed by atoms with Crippen LogP contribution in [0.4, 0.5) is 4.79 Å². The Bertz CT molecular complexity index is 477. The zero-order valence-corrected chi connectivity index (χ0v) is 10.3. The predicted molar refractivity (Wildman–Crippen MR) is 62.8 cm³/mol. The highest BCUT2D eigenvalue weighted by atomic mass is 16.5. The van der Waals surface area contributed by atoms with E-state index in [-0.39, 0.29) is 24.0 Å². The maximum atomic E-state index is 11.8. The second-order valence-corrected chi connectivity index (χ2v) is 5.03. The van der Waals surface area contributed by atoms with Crippen molar-refractivity contribution in [3.05, 3.63) is 12.7 Å². The van der Waals surface area contributed by atoms with Gasteiger partial charge in [0.25, 0.3) is 0 Å². The quantitative estimate of drug-likeness (QED) is 0.744. The van der Waals surface area contributed by atoms with Crippen molar-refractivity contribution in [1.82, 2.24) is 19.7 Å². The number of nitrogens with two attached hydrogens (primary N) is 1. The van der Waals surface area contributed by atoms with E-state index in [4.69, 9.17) is 10.5 Å². The first-order chi connectivity index (χ1) is 9.13. The minimum absolute atomic E-state index is 0.0602. The van der Waals surface area contributed by atoms with Gasteiger partial charge in [-0.15, -0.1) is 10.2 Å². The molecule has 3 rings (SSSR count). The summed E-state index contributed by atoms with van der Waals surface area (Å²) in [6.07, 6.45) is 4.62. The molecule has 0 aromatic carbocycles. The molecule has 2 N–H and O–H groups in total. The van der Waals surface area contributed by atoms with Crippen molar-refractivity contribution < 1.29 is 14.3 Å². The second kappa shape index (κ2) is 4.52. The number of urea groups is 1. The topological polar surface area (TPSA) is 103 Å². The second-order valence-electron chi connectivity index (χ2n) is 5.03. The van der Waals surface area contributed by atoms with Crippen LogP contribution in [0.3, 0.4) is 0 Å². The molecular formula is C11H15N5O3. The van der Waals surface area contributed by atoms with Crippen molar-refractivity contribution in [2.75, 3.05) is 13.1 Å². The van der Waals surface area contributed by atoms with Crippen molar-refractivity contribution in [2.45, 2.75) is 25.0 Å². The number of likely N-dealkylation sites (tertiary alicyclic amines) is 1. The Morgan fingerprint density at radius 3 is 2.42 bits per heavy atom. The fraction of sp³-hybridized carbons (Fsp3) is 0.636. The molecule has 0 unspecified atom stereocenters. The number of esters is 1. The molecule has 2 aliphatic rings. The minimum atomic E-state index is -0.469. The summed E-state index contributed by atoms with van der Waals surface area (Å²) < 4.78 is 7.21. The van der Waals surface area contributed by atoms with Crippen LogP contribution in [0.15, 0.2) is 12.7 Å². The van der Waals surface area contributed by atoms with Crippen molar-refractivity contribution in [3.8, 4) is 0 Å². The van der Waals surface area contributed by atoms with Crippen molar-refractivity contribution in [2.24, 2.45) is 11.7 Å². The standard InChI is InChI=1S/C11H15N5O3/c12-11(18)15-3-9(4-15)19-10(17)7-1-8(2-7)16-5-13-14-6-16/h5-9H,1-4H2,(H2,12,18).